The first kappa shape index (κ1) is 13.1. The van der Waals surface area contributed by atoms with Crippen LogP contribution in [0, 0.1) is 17.8 Å². The Labute approximate surface area is 74.1 Å². The van der Waals surface area contributed by atoms with Gasteiger partial charge in [-0.1, -0.05) is 20.8 Å². The summed E-state index contributed by atoms with van der Waals surface area (Å²) in [5, 5.41) is -0.308. The summed E-state index contributed by atoms with van der Waals surface area (Å²) in [6.45, 7) is 7.51. The molecule has 0 amide bonds. The van der Waals surface area contributed by atoms with E-state index in [0.29, 0.717) is 6.42 Å². The molecule has 0 unspecified atom stereocenters. The van der Waals surface area contributed by atoms with Crippen molar-refractivity contribution in [3.8, 4) is 11.8 Å². The summed E-state index contributed by atoms with van der Waals surface area (Å²) in [5.41, 5.74) is 0. The van der Waals surface area contributed by atoms with Crippen molar-refractivity contribution in [1.82, 2.24) is 0 Å². The molecule has 0 aromatic heterocycles. The standard InChI is InChI=1S/C7H9ClO.C2H6/c1-3-4-5-6(2)7(8)9;1-2/h6H,5H2,1-2H3;1-2H3/t6-;/m0./s1. The Morgan fingerprint density at radius 3 is 2.27 bits per heavy atom. The normalized spacial score (nSPS) is 9.91. The van der Waals surface area contributed by atoms with E-state index in [1.165, 1.54) is 0 Å². The molecule has 0 aliphatic heterocycles. The van der Waals surface area contributed by atoms with E-state index in [0.717, 1.165) is 0 Å². The largest absolute Gasteiger partial charge is 0.281 e. The van der Waals surface area contributed by atoms with Gasteiger partial charge in [-0.3, -0.25) is 4.79 Å². The van der Waals surface area contributed by atoms with Crippen LogP contribution < -0.4 is 0 Å². The summed E-state index contributed by atoms with van der Waals surface area (Å²) < 4.78 is 0. The fourth-order valence-electron chi connectivity index (χ4n) is 0.335. The van der Waals surface area contributed by atoms with Gasteiger partial charge in [-0.25, -0.2) is 0 Å². The smallest absolute Gasteiger partial charge is 0.225 e. The second-order valence-electron chi connectivity index (χ2n) is 1.84. The average Bonchev–Trinajstić information content (AvgIpc) is 2.03. The van der Waals surface area contributed by atoms with Crippen LogP contribution in [-0.4, -0.2) is 5.24 Å². The molecule has 0 aliphatic rings. The lowest BCUT2D eigenvalue weighted by molar-refractivity contribution is -0.114. The van der Waals surface area contributed by atoms with Gasteiger partial charge in [0.1, 0.15) is 0 Å². The SMILES string of the molecule is CC.CC#CC[C@H](C)C(=O)Cl. The Hall–Kier alpha value is -0.480. The molecular formula is C9H15ClO. The minimum atomic E-state index is -0.308. The quantitative estimate of drug-likeness (QED) is 0.465. The van der Waals surface area contributed by atoms with E-state index >= 15 is 0 Å². The monoisotopic (exact) mass is 174 g/mol. The molecule has 0 saturated heterocycles. The number of rotatable bonds is 2. The van der Waals surface area contributed by atoms with Gasteiger partial charge in [0.2, 0.25) is 5.24 Å². The van der Waals surface area contributed by atoms with Crippen molar-refractivity contribution < 1.29 is 4.79 Å². The molecule has 0 saturated carbocycles. The molecule has 0 rings (SSSR count). The lowest BCUT2D eigenvalue weighted by Crippen LogP contribution is -2.01. The van der Waals surface area contributed by atoms with E-state index in [-0.39, 0.29) is 11.2 Å². The fraction of sp³-hybridized carbons (Fsp3) is 0.667. The highest BCUT2D eigenvalue weighted by Gasteiger charge is 2.06. The molecule has 0 radical (unpaired) electrons. The number of halogens is 1. The predicted molar refractivity (Wildman–Crippen MR) is 49.4 cm³/mol. The van der Waals surface area contributed by atoms with Gasteiger partial charge >= 0.3 is 0 Å². The number of hydrogen-bond acceptors (Lipinski definition) is 1. The van der Waals surface area contributed by atoms with Crippen LogP contribution >= 0.6 is 11.6 Å². The predicted octanol–water partition coefficient (Wildman–Crippen LogP) is 2.83. The molecule has 0 aromatic carbocycles. The van der Waals surface area contributed by atoms with E-state index in [9.17, 15) is 4.79 Å². The van der Waals surface area contributed by atoms with Gasteiger partial charge in [-0.15, -0.1) is 11.8 Å². The Balaban J connectivity index is 0. The van der Waals surface area contributed by atoms with Gasteiger partial charge in [0.25, 0.3) is 0 Å². The summed E-state index contributed by atoms with van der Waals surface area (Å²) in [6, 6.07) is 0. The number of hydrogen-bond donors (Lipinski definition) is 0. The van der Waals surface area contributed by atoms with Crippen molar-refractivity contribution >= 4 is 16.8 Å². The summed E-state index contributed by atoms with van der Waals surface area (Å²) in [6.07, 6.45) is 0.568. The van der Waals surface area contributed by atoms with Crippen LogP contribution in [0.1, 0.15) is 34.1 Å². The van der Waals surface area contributed by atoms with Crippen molar-refractivity contribution in [1.29, 1.82) is 0 Å². The molecule has 64 valence electrons. The van der Waals surface area contributed by atoms with Gasteiger partial charge in [-0.05, 0) is 18.5 Å². The summed E-state index contributed by atoms with van der Waals surface area (Å²) in [5.74, 6) is 5.34. The van der Waals surface area contributed by atoms with Crippen LogP contribution in [0.2, 0.25) is 0 Å². The summed E-state index contributed by atoms with van der Waals surface area (Å²) >= 11 is 5.16. The Bertz CT molecular complexity index is 153. The molecule has 0 fully saturated rings. The van der Waals surface area contributed by atoms with Crippen LogP contribution in [0.3, 0.4) is 0 Å². The summed E-state index contributed by atoms with van der Waals surface area (Å²) in [4.78, 5) is 10.3. The van der Waals surface area contributed by atoms with Gasteiger partial charge in [0.15, 0.2) is 0 Å². The first-order chi connectivity index (χ1) is 5.18. The van der Waals surface area contributed by atoms with E-state index in [2.05, 4.69) is 11.8 Å². The molecular weight excluding hydrogens is 160 g/mol. The first-order valence-corrected chi connectivity index (χ1v) is 4.15. The number of carbonyl (C=O) groups excluding carboxylic acids is 1. The van der Waals surface area contributed by atoms with Gasteiger partial charge in [0, 0.05) is 12.3 Å². The Morgan fingerprint density at radius 2 is 2.00 bits per heavy atom. The van der Waals surface area contributed by atoms with E-state index < -0.39 is 0 Å². The second-order valence-corrected chi connectivity index (χ2v) is 2.21. The highest BCUT2D eigenvalue weighted by Crippen LogP contribution is 2.03. The van der Waals surface area contributed by atoms with E-state index in [1.807, 2.05) is 13.8 Å². The van der Waals surface area contributed by atoms with E-state index in [1.54, 1.807) is 13.8 Å². The Kier molecular flexibility index (Phi) is 11.4. The molecule has 11 heavy (non-hydrogen) atoms. The fourth-order valence-corrected chi connectivity index (χ4v) is 0.413. The van der Waals surface area contributed by atoms with Crippen molar-refractivity contribution in [3.63, 3.8) is 0 Å². The third-order valence-electron chi connectivity index (χ3n) is 0.972. The third-order valence-corrected chi connectivity index (χ3v) is 1.34. The third kappa shape index (κ3) is 9.52. The average molecular weight is 175 g/mol. The molecule has 1 atom stereocenters. The van der Waals surface area contributed by atoms with Crippen molar-refractivity contribution in [2.24, 2.45) is 5.92 Å². The van der Waals surface area contributed by atoms with Crippen molar-refractivity contribution in [2.75, 3.05) is 0 Å². The van der Waals surface area contributed by atoms with Crippen LogP contribution in [-0.2, 0) is 4.79 Å². The first-order valence-electron chi connectivity index (χ1n) is 3.77. The molecule has 0 spiro atoms. The molecule has 0 aromatic rings. The zero-order valence-corrected chi connectivity index (χ0v) is 8.33. The molecule has 1 nitrogen and oxygen atoms in total. The molecule has 0 N–H and O–H groups in total. The maximum absolute atomic E-state index is 10.3. The van der Waals surface area contributed by atoms with Crippen LogP contribution in [0.5, 0.6) is 0 Å². The highest BCUT2D eigenvalue weighted by atomic mass is 35.5. The number of carbonyl (C=O) groups is 1. The van der Waals surface area contributed by atoms with Gasteiger partial charge < -0.3 is 0 Å². The van der Waals surface area contributed by atoms with Crippen LogP contribution in [0.4, 0.5) is 0 Å². The summed E-state index contributed by atoms with van der Waals surface area (Å²) in [7, 11) is 0. The minimum Gasteiger partial charge on any atom is -0.281 e. The van der Waals surface area contributed by atoms with Crippen molar-refractivity contribution in [2.45, 2.75) is 34.1 Å². The second kappa shape index (κ2) is 9.52. The Morgan fingerprint density at radius 1 is 1.55 bits per heavy atom. The maximum Gasteiger partial charge on any atom is 0.225 e. The minimum absolute atomic E-state index is 0.126. The van der Waals surface area contributed by atoms with Crippen LogP contribution in [0.25, 0.3) is 0 Å². The molecule has 2 heteroatoms. The van der Waals surface area contributed by atoms with Crippen LogP contribution in [0.15, 0.2) is 0 Å². The zero-order chi connectivity index (χ0) is 9.28. The lowest BCUT2D eigenvalue weighted by Gasteiger charge is -1.96. The highest BCUT2D eigenvalue weighted by molar-refractivity contribution is 6.63. The molecule has 0 heterocycles. The zero-order valence-electron chi connectivity index (χ0n) is 7.57. The maximum atomic E-state index is 10.3. The van der Waals surface area contributed by atoms with Gasteiger partial charge in [-0.2, -0.15) is 0 Å². The van der Waals surface area contributed by atoms with E-state index in [4.69, 9.17) is 11.6 Å². The molecule has 0 aliphatic carbocycles. The lowest BCUT2D eigenvalue weighted by atomic mass is 10.1. The molecule has 0 bridgehead atoms. The topological polar surface area (TPSA) is 17.1 Å². The van der Waals surface area contributed by atoms with Crippen molar-refractivity contribution in [3.05, 3.63) is 0 Å². The van der Waals surface area contributed by atoms with Gasteiger partial charge in [0.05, 0.1) is 0 Å².